The first-order valence-corrected chi connectivity index (χ1v) is 12.0. The van der Waals surface area contributed by atoms with Gasteiger partial charge in [0.05, 0.1) is 10.7 Å². The van der Waals surface area contributed by atoms with Crippen LogP contribution in [0.1, 0.15) is 50.3 Å². The van der Waals surface area contributed by atoms with E-state index in [9.17, 15) is 0 Å². The zero-order valence-electron chi connectivity index (χ0n) is 17.0. The Bertz CT molecular complexity index is 1080. The molecule has 0 spiro atoms. The summed E-state index contributed by atoms with van der Waals surface area (Å²) in [7, 11) is 0. The SMILES string of the molecule is CCCCCCCc1cc(NCc2ccc(-c3csnn3)cc2)n2ncc(Br)c2n1. The third kappa shape index (κ3) is 5.05. The standard InChI is InChI=1S/C22H25BrN6S/c1-2-3-4-5-6-7-18-12-21(29-22(26-18)19(23)14-25-29)24-13-16-8-10-17(11-9-16)20-15-30-28-27-20/h8-12,14-15,24H,2-7,13H2,1H3. The van der Waals surface area contributed by atoms with E-state index >= 15 is 0 Å². The van der Waals surface area contributed by atoms with Gasteiger partial charge in [0.15, 0.2) is 5.65 Å². The van der Waals surface area contributed by atoms with Gasteiger partial charge in [-0.25, -0.2) is 4.98 Å². The third-order valence-corrected chi connectivity index (χ3v) is 6.17. The topological polar surface area (TPSA) is 68.0 Å². The molecule has 0 aliphatic rings. The van der Waals surface area contributed by atoms with Crippen LogP contribution in [0.25, 0.3) is 16.9 Å². The van der Waals surface area contributed by atoms with Crippen molar-refractivity contribution >= 4 is 38.9 Å². The van der Waals surface area contributed by atoms with Crippen LogP contribution in [0.3, 0.4) is 0 Å². The van der Waals surface area contributed by atoms with Gasteiger partial charge < -0.3 is 5.32 Å². The van der Waals surface area contributed by atoms with Gasteiger partial charge in [0, 0.05) is 29.2 Å². The molecular formula is C22H25BrN6S. The van der Waals surface area contributed by atoms with Crippen molar-refractivity contribution in [2.75, 3.05) is 5.32 Å². The Kier molecular flexibility index (Phi) is 7.07. The van der Waals surface area contributed by atoms with Gasteiger partial charge in [0.1, 0.15) is 11.5 Å². The molecular weight excluding hydrogens is 460 g/mol. The highest BCUT2D eigenvalue weighted by Gasteiger charge is 2.10. The molecule has 1 N–H and O–H groups in total. The second kappa shape index (κ2) is 10.1. The molecule has 6 nitrogen and oxygen atoms in total. The lowest BCUT2D eigenvalue weighted by Crippen LogP contribution is -2.08. The van der Waals surface area contributed by atoms with Crippen molar-refractivity contribution in [2.45, 2.75) is 52.0 Å². The molecule has 0 bridgehead atoms. The second-order valence-electron chi connectivity index (χ2n) is 7.37. The lowest BCUT2D eigenvalue weighted by molar-refractivity contribution is 0.628. The second-order valence-corrected chi connectivity index (χ2v) is 8.83. The maximum absolute atomic E-state index is 4.81. The van der Waals surface area contributed by atoms with E-state index in [1.54, 1.807) is 6.20 Å². The number of hydrogen-bond donors (Lipinski definition) is 1. The largest absolute Gasteiger partial charge is 0.366 e. The molecule has 0 atom stereocenters. The first-order valence-electron chi connectivity index (χ1n) is 10.4. The molecule has 0 saturated heterocycles. The van der Waals surface area contributed by atoms with Crippen LogP contribution in [0, 0.1) is 0 Å². The van der Waals surface area contributed by atoms with Crippen LogP contribution in [-0.4, -0.2) is 24.2 Å². The number of fused-ring (bicyclic) bond motifs is 1. The van der Waals surface area contributed by atoms with Crippen LogP contribution in [0.2, 0.25) is 0 Å². The van der Waals surface area contributed by atoms with E-state index in [1.165, 1.54) is 49.2 Å². The average Bonchev–Trinajstić information content (AvgIpc) is 3.43. The normalized spacial score (nSPS) is 11.3. The predicted molar refractivity (Wildman–Crippen MR) is 126 cm³/mol. The van der Waals surface area contributed by atoms with Crippen LogP contribution < -0.4 is 5.32 Å². The van der Waals surface area contributed by atoms with Gasteiger partial charge in [-0.1, -0.05) is 61.4 Å². The molecule has 4 rings (SSSR count). The summed E-state index contributed by atoms with van der Waals surface area (Å²) < 4.78 is 6.71. The fourth-order valence-electron chi connectivity index (χ4n) is 3.43. The van der Waals surface area contributed by atoms with Gasteiger partial charge in [0.2, 0.25) is 0 Å². The number of nitrogens with one attached hydrogen (secondary N) is 1. The minimum Gasteiger partial charge on any atom is -0.366 e. The first kappa shape index (κ1) is 20.9. The highest BCUT2D eigenvalue weighted by Crippen LogP contribution is 2.23. The Morgan fingerprint density at radius 2 is 1.93 bits per heavy atom. The molecule has 0 unspecified atom stereocenters. The highest BCUT2D eigenvalue weighted by atomic mass is 79.9. The molecule has 1 aromatic carbocycles. The van der Waals surface area contributed by atoms with Crippen molar-refractivity contribution in [3.05, 3.63) is 57.6 Å². The molecule has 8 heteroatoms. The fraction of sp³-hybridized carbons (Fsp3) is 0.364. The van der Waals surface area contributed by atoms with E-state index in [4.69, 9.17) is 4.98 Å². The van der Waals surface area contributed by atoms with Gasteiger partial charge in [-0.15, -0.1) is 5.10 Å². The molecule has 0 fully saturated rings. The third-order valence-electron chi connectivity index (χ3n) is 5.10. The number of benzene rings is 1. The Hall–Kier alpha value is -2.32. The van der Waals surface area contributed by atoms with E-state index in [2.05, 4.69) is 73.2 Å². The monoisotopic (exact) mass is 484 g/mol. The first-order chi connectivity index (χ1) is 14.7. The average molecular weight is 485 g/mol. The smallest absolute Gasteiger partial charge is 0.171 e. The summed E-state index contributed by atoms with van der Waals surface area (Å²) >= 11 is 4.94. The molecule has 0 amide bonds. The van der Waals surface area contributed by atoms with Gasteiger partial charge >= 0.3 is 0 Å². The van der Waals surface area contributed by atoms with Gasteiger partial charge in [-0.05, 0) is 45.9 Å². The van der Waals surface area contributed by atoms with Crippen molar-refractivity contribution in [3.63, 3.8) is 0 Å². The number of unbranched alkanes of at least 4 members (excludes halogenated alkanes) is 4. The van der Waals surface area contributed by atoms with E-state index < -0.39 is 0 Å². The summed E-state index contributed by atoms with van der Waals surface area (Å²) in [4.78, 5) is 4.81. The Morgan fingerprint density at radius 3 is 2.70 bits per heavy atom. The maximum atomic E-state index is 4.81. The molecule has 3 heterocycles. The molecule has 0 aliphatic carbocycles. The minimum absolute atomic E-state index is 0.710. The van der Waals surface area contributed by atoms with E-state index in [-0.39, 0.29) is 0 Å². The summed E-state index contributed by atoms with van der Waals surface area (Å²) in [6.45, 7) is 2.95. The number of nitrogens with zero attached hydrogens (tertiary/aromatic N) is 5. The van der Waals surface area contributed by atoms with Crippen molar-refractivity contribution in [1.82, 2.24) is 24.2 Å². The maximum Gasteiger partial charge on any atom is 0.171 e. The van der Waals surface area contributed by atoms with Gasteiger partial charge in [-0.2, -0.15) is 9.61 Å². The number of hydrogen-bond acceptors (Lipinski definition) is 6. The number of halogens is 1. The molecule has 156 valence electrons. The summed E-state index contributed by atoms with van der Waals surface area (Å²) in [6, 6.07) is 10.5. The van der Waals surface area contributed by atoms with E-state index in [0.717, 1.165) is 39.3 Å². The Labute approximate surface area is 189 Å². The molecule has 30 heavy (non-hydrogen) atoms. The van der Waals surface area contributed by atoms with Crippen molar-refractivity contribution in [1.29, 1.82) is 0 Å². The summed E-state index contributed by atoms with van der Waals surface area (Å²) in [5, 5.41) is 14.1. The Balaban J connectivity index is 1.46. The van der Waals surface area contributed by atoms with Crippen molar-refractivity contribution in [2.24, 2.45) is 0 Å². The number of aromatic nitrogens is 5. The predicted octanol–water partition coefficient (Wildman–Crippen LogP) is 6.14. The minimum atomic E-state index is 0.710. The van der Waals surface area contributed by atoms with E-state index in [0.29, 0.717) is 6.54 Å². The molecule has 3 aromatic heterocycles. The zero-order chi connectivity index (χ0) is 20.8. The van der Waals surface area contributed by atoms with Gasteiger partial charge in [-0.3, -0.25) is 0 Å². The van der Waals surface area contributed by atoms with Crippen LogP contribution >= 0.6 is 27.5 Å². The van der Waals surface area contributed by atoms with Crippen molar-refractivity contribution < 1.29 is 0 Å². The molecule has 0 aliphatic heterocycles. The highest BCUT2D eigenvalue weighted by molar-refractivity contribution is 9.10. The molecule has 0 radical (unpaired) electrons. The zero-order valence-corrected chi connectivity index (χ0v) is 19.4. The molecule has 4 aromatic rings. The molecule has 0 saturated carbocycles. The summed E-state index contributed by atoms with van der Waals surface area (Å²) in [6.07, 6.45) is 9.09. The van der Waals surface area contributed by atoms with Crippen LogP contribution in [-0.2, 0) is 13.0 Å². The van der Waals surface area contributed by atoms with Crippen LogP contribution in [0.4, 0.5) is 5.82 Å². The summed E-state index contributed by atoms with van der Waals surface area (Å²) in [5.41, 5.74) is 5.16. The number of anilines is 1. The lowest BCUT2D eigenvalue weighted by Gasteiger charge is -2.11. The Morgan fingerprint density at radius 1 is 1.10 bits per heavy atom. The summed E-state index contributed by atoms with van der Waals surface area (Å²) in [5.74, 6) is 0.960. The van der Waals surface area contributed by atoms with E-state index in [1.807, 2.05) is 9.90 Å². The van der Waals surface area contributed by atoms with Crippen LogP contribution in [0.15, 0.2) is 46.4 Å². The quantitative estimate of drug-likeness (QED) is 0.274. The fourth-order valence-corrected chi connectivity index (χ4v) is 4.24. The van der Waals surface area contributed by atoms with Gasteiger partial charge in [0.25, 0.3) is 0 Å². The lowest BCUT2D eigenvalue weighted by atomic mass is 10.1. The van der Waals surface area contributed by atoms with Crippen molar-refractivity contribution in [3.8, 4) is 11.3 Å². The van der Waals surface area contributed by atoms with Crippen LogP contribution in [0.5, 0.6) is 0 Å². The number of aryl methyl sites for hydroxylation is 1. The number of rotatable bonds is 10.